The molecule has 18 heavy (non-hydrogen) atoms. The first-order valence-electron chi connectivity index (χ1n) is 5.56. The fourth-order valence-electron chi connectivity index (χ4n) is 1.53. The molecule has 7 heteroatoms. The lowest BCUT2D eigenvalue weighted by atomic mass is 10.2. The molecule has 1 rings (SSSR count). The molecule has 0 aliphatic rings. The number of halogens is 3. The van der Waals surface area contributed by atoms with Crippen LogP contribution in [-0.2, 0) is 11.0 Å². The monoisotopic (exact) mass is 263 g/mol. The average Bonchev–Trinajstić information content (AvgIpc) is 2.57. The highest BCUT2D eigenvalue weighted by Gasteiger charge is 2.35. The maximum atomic E-state index is 12.5. The van der Waals surface area contributed by atoms with Crippen LogP contribution in [0.2, 0.25) is 0 Å². The molecule has 0 bridgehead atoms. The second-order valence-electron chi connectivity index (χ2n) is 4.45. The first-order chi connectivity index (χ1) is 8.12. The van der Waals surface area contributed by atoms with E-state index in [0.717, 1.165) is 10.7 Å². The van der Waals surface area contributed by atoms with Crippen molar-refractivity contribution in [2.24, 2.45) is 0 Å². The molecule has 0 radical (unpaired) electrons. The lowest BCUT2D eigenvalue weighted by Crippen LogP contribution is -2.36. The number of carbonyl (C=O) groups excluding carboxylic acids is 1. The highest BCUT2D eigenvalue weighted by molar-refractivity contribution is 5.80. The summed E-state index contributed by atoms with van der Waals surface area (Å²) in [5, 5.41) is 6.08. The molecule has 0 unspecified atom stereocenters. The molecule has 0 aliphatic heterocycles. The van der Waals surface area contributed by atoms with Crippen molar-refractivity contribution in [3.05, 3.63) is 17.5 Å². The molecule has 102 valence electrons. The largest absolute Gasteiger partial charge is 0.435 e. The van der Waals surface area contributed by atoms with Gasteiger partial charge in [-0.3, -0.25) is 9.48 Å². The molecule has 1 aromatic rings. The number of alkyl halides is 3. The summed E-state index contributed by atoms with van der Waals surface area (Å²) in [4.78, 5) is 11.7. The summed E-state index contributed by atoms with van der Waals surface area (Å²) in [6, 6.07) is 0.0838. The Kier molecular flexibility index (Phi) is 4.03. The van der Waals surface area contributed by atoms with Crippen LogP contribution in [0.5, 0.6) is 0 Å². The van der Waals surface area contributed by atoms with Crippen LogP contribution in [0.1, 0.15) is 38.2 Å². The molecule has 1 aromatic heterocycles. The van der Waals surface area contributed by atoms with Gasteiger partial charge in [0.2, 0.25) is 5.91 Å². The first-order valence-corrected chi connectivity index (χ1v) is 5.56. The van der Waals surface area contributed by atoms with Crippen molar-refractivity contribution in [1.82, 2.24) is 15.1 Å². The SMILES string of the molecule is Cc1cc(C(F)(F)F)nn1[C@H](C)C(=O)NC(C)C. The Morgan fingerprint density at radius 1 is 1.39 bits per heavy atom. The Hall–Kier alpha value is -1.53. The summed E-state index contributed by atoms with van der Waals surface area (Å²) in [5.74, 6) is -0.357. The summed E-state index contributed by atoms with van der Waals surface area (Å²) in [7, 11) is 0. The Bertz CT molecular complexity index is 437. The van der Waals surface area contributed by atoms with E-state index in [0.29, 0.717) is 5.69 Å². The van der Waals surface area contributed by atoms with Crippen LogP contribution in [0.4, 0.5) is 13.2 Å². The highest BCUT2D eigenvalue weighted by Crippen LogP contribution is 2.29. The second-order valence-corrected chi connectivity index (χ2v) is 4.45. The highest BCUT2D eigenvalue weighted by atomic mass is 19.4. The maximum absolute atomic E-state index is 12.5. The van der Waals surface area contributed by atoms with Crippen LogP contribution >= 0.6 is 0 Å². The molecule has 1 amide bonds. The molecule has 1 atom stereocenters. The fraction of sp³-hybridized carbons (Fsp3) is 0.636. The fourth-order valence-corrected chi connectivity index (χ4v) is 1.53. The van der Waals surface area contributed by atoms with Gasteiger partial charge in [0.25, 0.3) is 0 Å². The van der Waals surface area contributed by atoms with Gasteiger partial charge in [0, 0.05) is 11.7 Å². The van der Waals surface area contributed by atoms with Gasteiger partial charge in [-0.2, -0.15) is 18.3 Å². The number of aryl methyl sites for hydroxylation is 1. The zero-order valence-corrected chi connectivity index (χ0v) is 10.7. The Balaban J connectivity index is 2.96. The number of hydrogen-bond acceptors (Lipinski definition) is 2. The van der Waals surface area contributed by atoms with Gasteiger partial charge in [0.1, 0.15) is 6.04 Å². The third kappa shape index (κ3) is 3.24. The summed E-state index contributed by atoms with van der Waals surface area (Å²) in [6.07, 6.45) is -4.50. The predicted octanol–water partition coefficient (Wildman–Crippen LogP) is 2.30. The Labute approximate surface area is 103 Å². The van der Waals surface area contributed by atoms with E-state index in [-0.39, 0.29) is 11.9 Å². The van der Waals surface area contributed by atoms with Gasteiger partial charge in [-0.15, -0.1) is 0 Å². The van der Waals surface area contributed by atoms with Gasteiger partial charge in [-0.1, -0.05) is 0 Å². The van der Waals surface area contributed by atoms with Crippen LogP contribution in [-0.4, -0.2) is 21.7 Å². The minimum atomic E-state index is -4.50. The van der Waals surface area contributed by atoms with Crippen molar-refractivity contribution in [2.75, 3.05) is 0 Å². The van der Waals surface area contributed by atoms with Crippen molar-refractivity contribution in [3.8, 4) is 0 Å². The number of aromatic nitrogens is 2. The molecular weight excluding hydrogens is 247 g/mol. The molecule has 0 aromatic carbocycles. The average molecular weight is 263 g/mol. The van der Waals surface area contributed by atoms with Gasteiger partial charge in [0.15, 0.2) is 5.69 Å². The standard InChI is InChI=1S/C11H16F3N3O/c1-6(2)15-10(18)8(4)17-7(3)5-9(16-17)11(12,13)14/h5-6,8H,1-4H3,(H,15,18)/t8-/m1/s1. The number of nitrogens with one attached hydrogen (secondary N) is 1. The first kappa shape index (κ1) is 14.5. The zero-order chi connectivity index (χ0) is 14.1. The third-order valence-electron chi connectivity index (χ3n) is 2.39. The predicted molar refractivity (Wildman–Crippen MR) is 60.0 cm³/mol. The van der Waals surface area contributed by atoms with Crippen LogP contribution in [0, 0.1) is 6.92 Å². The lowest BCUT2D eigenvalue weighted by Gasteiger charge is -2.16. The second kappa shape index (κ2) is 4.99. The molecule has 0 aliphatic carbocycles. The van der Waals surface area contributed by atoms with Crippen LogP contribution in [0.3, 0.4) is 0 Å². The van der Waals surface area contributed by atoms with E-state index in [1.165, 1.54) is 13.8 Å². The van der Waals surface area contributed by atoms with Crippen LogP contribution in [0.25, 0.3) is 0 Å². The summed E-state index contributed by atoms with van der Waals surface area (Å²) in [6.45, 7) is 6.56. The van der Waals surface area contributed by atoms with E-state index in [1.807, 2.05) is 0 Å². The summed E-state index contributed by atoms with van der Waals surface area (Å²) < 4.78 is 38.5. The number of rotatable bonds is 3. The van der Waals surface area contributed by atoms with Crippen molar-refractivity contribution in [1.29, 1.82) is 0 Å². The van der Waals surface area contributed by atoms with Crippen LogP contribution < -0.4 is 5.32 Å². The normalized spacial score (nSPS) is 13.8. The van der Waals surface area contributed by atoms with E-state index in [2.05, 4.69) is 10.4 Å². The number of nitrogens with zero attached hydrogens (tertiary/aromatic N) is 2. The third-order valence-corrected chi connectivity index (χ3v) is 2.39. The molecule has 0 fully saturated rings. The maximum Gasteiger partial charge on any atom is 0.435 e. The van der Waals surface area contributed by atoms with Crippen molar-refractivity contribution in [2.45, 2.75) is 46.0 Å². The number of amides is 1. The zero-order valence-electron chi connectivity index (χ0n) is 10.7. The van der Waals surface area contributed by atoms with Crippen molar-refractivity contribution < 1.29 is 18.0 Å². The molecule has 0 saturated heterocycles. The van der Waals surface area contributed by atoms with E-state index in [1.54, 1.807) is 13.8 Å². The van der Waals surface area contributed by atoms with E-state index in [9.17, 15) is 18.0 Å². The molecule has 0 spiro atoms. The molecular formula is C11H16F3N3O. The van der Waals surface area contributed by atoms with Crippen molar-refractivity contribution in [3.63, 3.8) is 0 Å². The number of hydrogen-bond donors (Lipinski definition) is 1. The number of carbonyl (C=O) groups is 1. The van der Waals surface area contributed by atoms with E-state index >= 15 is 0 Å². The molecule has 4 nitrogen and oxygen atoms in total. The van der Waals surface area contributed by atoms with Crippen LogP contribution in [0.15, 0.2) is 6.07 Å². The van der Waals surface area contributed by atoms with Gasteiger partial charge in [-0.05, 0) is 33.8 Å². The lowest BCUT2D eigenvalue weighted by molar-refractivity contribution is -0.142. The van der Waals surface area contributed by atoms with Crippen molar-refractivity contribution >= 4 is 5.91 Å². The molecule has 1 heterocycles. The Morgan fingerprint density at radius 3 is 2.33 bits per heavy atom. The van der Waals surface area contributed by atoms with E-state index in [4.69, 9.17) is 0 Å². The van der Waals surface area contributed by atoms with Gasteiger partial charge >= 0.3 is 6.18 Å². The minimum Gasteiger partial charge on any atom is -0.352 e. The van der Waals surface area contributed by atoms with E-state index < -0.39 is 17.9 Å². The topological polar surface area (TPSA) is 46.9 Å². The molecule has 0 saturated carbocycles. The Morgan fingerprint density at radius 2 is 1.94 bits per heavy atom. The quantitative estimate of drug-likeness (QED) is 0.909. The smallest absolute Gasteiger partial charge is 0.352 e. The molecule has 1 N–H and O–H groups in total. The van der Waals surface area contributed by atoms with Gasteiger partial charge in [-0.25, -0.2) is 0 Å². The van der Waals surface area contributed by atoms with Gasteiger partial charge < -0.3 is 5.32 Å². The minimum absolute atomic E-state index is 0.0714. The van der Waals surface area contributed by atoms with Gasteiger partial charge in [0.05, 0.1) is 0 Å². The summed E-state index contributed by atoms with van der Waals surface area (Å²) in [5.41, 5.74) is -0.682. The summed E-state index contributed by atoms with van der Waals surface area (Å²) >= 11 is 0.